The third-order valence-corrected chi connectivity index (χ3v) is 4.85. The maximum atomic E-state index is 11.2. The molecule has 1 fully saturated rings. The molecule has 1 unspecified atom stereocenters. The van der Waals surface area contributed by atoms with E-state index in [1.807, 2.05) is 24.3 Å². The van der Waals surface area contributed by atoms with Gasteiger partial charge >= 0.3 is 0 Å². The number of piperidine rings is 1. The second kappa shape index (κ2) is 9.39. The summed E-state index contributed by atoms with van der Waals surface area (Å²) in [5.74, 6) is 1.55. The van der Waals surface area contributed by atoms with Crippen LogP contribution < -0.4 is 10.1 Å². The lowest BCUT2D eigenvalue weighted by Gasteiger charge is -2.33. The number of nitrogens with zero attached hydrogens (tertiary/aromatic N) is 1. The minimum absolute atomic E-state index is 0.0572. The van der Waals surface area contributed by atoms with E-state index < -0.39 is 0 Å². The first kappa shape index (κ1) is 18.5. The van der Waals surface area contributed by atoms with E-state index in [1.54, 1.807) is 6.92 Å². The predicted octanol–water partition coefficient (Wildman–Crippen LogP) is 3.61. The van der Waals surface area contributed by atoms with E-state index >= 15 is 0 Å². The number of hydrogen-bond donors (Lipinski definition) is 1. The Balaban J connectivity index is 1.58. The zero-order valence-electron chi connectivity index (χ0n) is 15.5. The highest BCUT2D eigenvalue weighted by molar-refractivity contribution is 5.72. The molecule has 26 heavy (non-hydrogen) atoms. The van der Waals surface area contributed by atoms with Crippen LogP contribution in [0.3, 0.4) is 0 Å². The van der Waals surface area contributed by atoms with Crippen LogP contribution in [0.1, 0.15) is 30.9 Å². The minimum atomic E-state index is 0.0572. The Hall–Kier alpha value is -2.33. The lowest BCUT2D eigenvalue weighted by molar-refractivity contribution is -0.119. The van der Waals surface area contributed by atoms with Gasteiger partial charge in [-0.2, -0.15) is 0 Å². The molecular weight excluding hydrogens is 324 g/mol. The molecule has 1 heterocycles. The molecule has 4 heteroatoms. The van der Waals surface area contributed by atoms with Crippen molar-refractivity contribution in [2.75, 3.05) is 19.6 Å². The normalized spacial score (nSPS) is 17.7. The van der Waals surface area contributed by atoms with E-state index in [9.17, 15) is 4.79 Å². The molecule has 1 saturated heterocycles. The Morgan fingerprint density at radius 2 is 1.92 bits per heavy atom. The van der Waals surface area contributed by atoms with Gasteiger partial charge in [-0.3, -0.25) is 9.69 Å². The lowest BCUT2D eigenvalue weighted by atomic mass is 9.97. The molecule has 138 valence electrons. The summed E-state index contributed by atoms with van der Waals surface area (Å²) in [5.41, 5.74) is 2.40. The molecule has 2 aromatic rings. The third-order valence-electron chi connectivity index (χ3n) is 4.85. The number of benzene rings is 2. The zero-order valence-corrected chi connectivity index (χ0v) is 15.5. The van der Waals surface area contributed by atoms with Crippen LogP contribution in [0.2, 0.25) is 0 Å². The number of amides is 1. The largest absolute Gasteiger partial charge is 0.489 e. The van der Waals surface area contributed by atoms with E-state index in [1.165, 1.54) is 24.0 Å². The Kier molecular flexibility index (Phi) is 6.67. The predicted molar refractivity (Wildman–Crippen MR) is 104 cm³/mol. The standard InChI is InChI=1S/C22H28N2O2/c1-18(25)23-14-20-10-7-13-24(15-20)16-21-11-5-6-12-22(21)26-17-19-8-3-2-4-9-19/h2-6,8-9,11-12,20H,7,10,13-17H2,1H3,(H,23,25). The molecule has 1 aliphatic rings. The minimum Gasteiger partial charge on any atom is -0.489 e. The summed E-state index contributed by atoms with van der Waals surface area (Å²) in [6.45, 7) is 5.96. The van der Waals surface area contributed by atoms with Crippen LogP contribution >= 0.6 is 0 Å². The summed E-state index contributed by atoms with van der Waals surface area (Å²) < 4.78 is 6.09. The van der Waals surface area contributed by atoms with Gasteiger partial charge in [-0.15, -0.1) is 0 Å². The van der Waals surface area contributed by atoms with Gasteiger partial charge in [-0.1, -0.05) is 48.5 Å². The fourth-order valence-corrected chi connectivity index (χ4v) is 3.50. The fraction of sp³-hybridized carbons (Fsp3) is 0.409. The van der Waals surface area contributed by atoms with Gasteiger partial charge in [-0.25, -0.2) is 0 Å². The van der Waals surface area contributed by atoms with Crippen molar-refractivity contribution in [3.63, 3.8) is 0 Å². The van der Waals surface area contributed by atoms with Gasteiger partial charge in [0.15, 0.2) is 0 Å². The van der Waals surface area contributed by atoms with Gasteiger partial charge in [0, 0.05) is 32.1 Å². The van der Waals surface area contributed by atoms with Crippen molar-refractivity contribution in [1.29, 1.82) is 0 Å². The molecule has 1 N–H and O–H groups in total. The highest BCUT2D eigenvalue weighted by Crippen LogP contribution is 2.24. The number of likely N-dealkylation sites (tertiary alicyclic amines) is 1. The summed E-state index contributed by atoms with van der Waals surface area (Å²) in [7, 11) is 0. The molecule has 0 aliphatic carbocycles. The average molecular weight is 352 g/mol. The van der Waals surface area contributed by atoms with Gasteiger partial charge in [-0.05, 0) is 36.9 Å². The summed E-state index contributed by atoms with van der Waals surface area (Å²) in [5, 5.41) is 2.96. The highest BCUT2D eigenvalue weighted by Gasteiger charge is 2.21. The van der Waals surface area contributed by atoms with Gasteiger partial charge in [0.2, 0.25) is 5.91 Å². The smallest absolute Gasteiger partial charge is 0.216 e. The van der Waals surface area contributed by atoms with Crippen LogP contribution in [-0.2, 0) is 17.9 Å². The van der Waals surface area contributed by atoms with Crippen molar-refractivity contribution < 1.29 is 9.53 Å². The maximum Gasteiger partial charge on any atom is 0.216 e. The van der Waals surface area contributed by atoms with Crippen LogP contribution in [0.4, 0.5) is 0 Å². The van der Waals surface area contributed by atoms with Crippen molar-refractivity contribution in [3.8, 4) is 5.75 Å². The first-order valence-electron chi connectivity index (χ1n) is 9.42. The van der Waals surface area contributed by atoms with Crippen molar-refractivity contribution in [3.05, 3.63) is 65.7 Å². The van der Waals surface area contributed by atoms with Crippen molar-refractivity contribution in [1.82, 2.24) is 10.2 Å². The van der Waals surface area contributed by atoms with E-state index in [2.05, 4.69) is 40.5 Å². The van der Waals surface area contributed by atoms with Gasteiger partial charge in [0.05, 0.1) is 0 Å². The van der Waals surface area contributed by atoms with E-state index in [4.69, 9.17) is 4.74 Å². The number of carbonyl (C=O) groups is 1. The molecule has 1 aliphatic heterocycles. The summed E-state index contributed by atoms with van der Waals surface area (Å²) in [6, 6.07) is 18.6. The van der Waals surface area contributed by atoms with Gasteiger partial charge in [0.25, 0.3) is 0 Å². The zero-order chi connectivity index (χ0) is 18.2. The van der Waals surface area contributed by atoms with Gasteiger partial charge in [0.1, 0.15) is 12.4 Å². The maximum absolute atomic E-state index is 11.2. The number of rotatable bonds is 7. The second-order valence-corrected chi connectivity index (χ2v) is 7.06. The Morgan fingerprint density at radius 3 is 2.73 bits per heavy atom. The molecule has 0 radical (unpaired) electrons. The van der Waals surface area contributed by atoms with Crippen molar-refractivity contribution >= 4 is 5.91 Å². The molecule has 4 nitrogen and oxygen atoms in total. The van der Waals surface area contributed by atoms with Crippen LogP contribution in [0.25, 0.3) is 0 Å². The fourth-order valence-electron chi connectivity index (χ4n) is 3.50. The number of carbonyl (C=O) groups excluding carboxylic acids is 1. The molecule has 3 rings (SSSR count). The molecule has 1 amide bonds. The van der Waals surface area contributed by atoms with E-state index in [0.717, 1.165) is 31.9 Å². The Labute approximate surface area is 156 Å². The second-order valence-electron chi connectivity index (χ2n) is 7.06. The molecule has 0 saturated carbocycles. The SMILES string of the molecule is CC(=O)NCC1CCCN(Cc2ccccc2OCc2ccccc2)C1. The van der Waals surface area contributed by atoms with Crippen LogP contribution in [0, 0.1) is 5.92 Å². The van der Waals surface area contributed by atoms with Crippen molar-refractivity contribution in [2.24, 2.45) is 5.92 Å². The molecular formula is C22H28N2O2. The summed E-state index contributed by atoms with van der Waals surface area (Å²) in [4.78, 5) is 13.6. The number of nitrogens with one attached hydrogen (secondary N) is 1. The lowest BCUT2D eigenvalue weighted by Crippen LogP contribution is -2.40. The topological polar surface area (TPSA) is 41.6 Å². The first-order valence-corrected chi connectivity index (χ1v) is 9.42. The molecule has 2 aromatic carbocycles. The van der Waals surface area contributed by atoms with Crippen LogP contribution in [0.15, 0.2) is 54.6 Å². The molecule has 1 atom stereocenters. The summed E-state index contributed by atoms with van der Waals surface area (Å²) in [6.07, 6.45) is 2.36. The molecule has 0 spiro atoms. The van der Waals surface area contributed by atoms with E-state index in [-0.39, 0.29) is 5.91 Å². The average Bonchev–Trinajstić information content (AvgIpc) is 2.67. The first-order chi connectivity index (χ1) is 12.7. The van der Waals surface area contributed by atoms with Gasteiger partial charge < -0.3 is 10.1 Å². The van der Waals surface area contributed by atoms with E-state index in [0.29, 0.717) is 12.5 Å². The quantitative estimate of drug-likeness (QED) is 0.828. The number of para-hydroxylation sites is 1. The summed E-state index contributed by atoms with van der Waals surface area (Å²) >= 11 is 0. The number of ether oxygens (including phenoxy) is 1. The Morgan fingerprint density at radius 1 is 1.15 bits per heavy atom. The Bertz CT molecular complexity index is 702. The number of hydrogen-bond acceptors (Lipinski definition) is 3. The monoisotopic (exact) mass is 352 g/mol. The highest BCUT2D eigenvalue weighted by atomic mass is 16.5. The molecule has 0 bridgehead atoms. The third kappa shape index (κ3) is 5.60. The van der Waals surface area contributed by atoms with Crippen LogP contribution in [0.5, 0.6) is 5.75 Å². The molecule has 0 aromatic heterocycles. The van der Waals surface area contributed by atoms with Crippen molar-refractivity contribution in [2.45, 2.75) is 32.9 Å². The van der Waals surface area contributed by atoms with Crippen LogP contribution in [-0.4, -0.2) is 30.4 Å².